The summed E-state index contributed by atoms with van der Waals surface area (Å²) in [5.41, 5.74) is 4.00. The predicted molar refractivity (Wildman–Crippen MR) is 106 cm³/mol. The summed E-state index contributed by atoms with van der Waals surface area (Å²) in [4.78, 5) is 16.7. The molecule has 2 heterocycles. The summed E-state index contributed by atoms with van der Waals surface area (Å²) in [5, 5.41) is 10.0. The molecule has 28 heavy (non-hydrogen) atoms. The summed E-state index contributed by atoms with van der Waals surface area (Å²) >= 11 is 0. The van der Waals surface area contributed by atoms with Crippen molar-refractivity contribution >= 4 is 11.6 Å². The topological polar surface area (TPSA) is 53.0 Å². The average Bonchev–Trinajstić information content (AvgIpc) is 3.14. The van der Waals surface area contributed by atoms with Gasteiger partial charge in [-0.2, -0.15) is 0 Å². The summed E-state index contributed by atoms with van der Waals surface area (Å²) in [5.74, 6) is -0.138. The maximum absolute atomic E-state index is 13.3. The van der Waals surface area contributed by atoms with Gasteiger partial charge in [0.25, 0.3) is 0 Å². The van der Waals surface area contributed by atoms with Gasteiger partial charge in [-0.1, -0.05) is 18.2 Å². The van der Waals surface area contributed by atoms with E-state index >= 15 is 0 Å². The first-order valence-electron chi connectivity index (χ1n) is 9.57. The lowest BCUT2D eigenvalue weighted by Crippen LogP contribution is -2.48. The molecule has 0 aromatic heterocycles. The molecule has 4 rings (SSSR count). The third-order valence-electron chi connectivity index (χ3n) is 6.12. The van der Waals surface area contributed by atoms with E-state index in [2.05, 4.69) is 11.0 Å². The number of methoxy groups -OCH3 is 1. The summed E-state index contributed by atoms with van der Waals surface area (Å²) in [6.07, 6.45) is 0.843. The molecule has 0 radical (unpaired) electrons. The number of anilines is 1. The van der Waals surface area contributed by atoms with Gasteiger partial charge in [0.2, 0.25) is 5.91 Å². The van der Waals surface area contributed by atoms with Crippen LogP contribution < -0.4 is 4.90 Å². The van der Waals surface area contributed by atoms with Crippen molar-refractivity contribution in [2.75, 3.05) is 38.8 Å². The van der Waals surface area contributed by atoms with Gasteiger partial charge in [0.05, 0.1) is 18.7 Å². The van der Waals surface area contributed by atoms with E-state index in [1.54, 1.807) is 12.1 Å². The number of fused-ring (bicyclic) bond motifs is 3. The molecule has 3 atom stereocenters. The van der Waals surface area contributed by atoms with Crippen LogP contribution >= 0.6 is 0 Å². The van der Waals surface area contributed by atoms with Crippen molar-refractivity contribution < 1.29 is 19.0 Å². The standard InChI is InChI=1S/C22H25FN2O3/c1-24-19-8-5-15(14-3-6-16(23)7-4-14)11-18(19)22-17(20(24)12-26)9-10-25(22)21(27)13-28-2/h3-8,11,17,20,22,26H,9-10,12-13H2,1-2H3/t17-,20+,22-/m0/s1. The minimum Gasteiger partial charge on any atom is -0.394 e. The van der Waals surface area contributed by atoms with E-state index < -0.39 is 0 Å². The van der Waals surface area contributed by atoms with E-state index in [1.165, 1.54) is 19.2 Å². The van der Waals surface area contributed by atoms with E-state index in [0.717, 1.165) is 28.8 Å². The number of halogens is 1. The maximum atomic E-state index is 13.3. The first-order valence-corrected chi connectivity index (χ1v) is 9.57. The Morgan fingerprint density at radius 1 is 1.21 bits per heavy atom. The molecule has 1 fully saturated rings. The highest BCUT2D eigenvalue weighted by Gasteiger charge is 2.47. The number of likely N-dealkylation sites (N-methyl/N-ethyl adjacent to an activating group) is 1. The van der Waals surface area contributed by atoms with Gasteiger partial charge in [-0.15, -0.1) is 0 Å². The molecule has 0 aliphatic carbocycles. The predicted octanol–water partition coefficient (Wildman–Crippen LogP) is 2.84. The van der Waals surface area contributed by atoms with E-state index in [4.69, 9.17) is 4.74 Å². The molecule has 2 aromatic rings. The molecule has 2 aliphatic heterocycles. The molecule has 2 aromatic carbocycles. The molecular formula is C22H25FN2O3. The molecule has 1 N–H and O–H groups in total. The lowest BCUT2D eigenvalue weighted by molar-refractivity contribution is -0.136. The molecule has 0 unspecified atom stereocenters. The number of rotatable bonds is 4. The van der Waals surface area contributed by atoms with Crippen molar-refractivity contribution in [1.82, 2.24) is 4.90 Å². The van der Waals surface area contributed by atoms with Crippen LogP contribution in [0.15, 0.2) is 42.5 Å². The fraction of sp³-hybridized carbons (Fsp3) is 0.409. The number of carbonyl (C=O) groups is 1. The summed E-state index contributed by atoms with van der Waals surface area (Å²) in [6, 6.07) is 12.5. The molecule has 0 spiro atoms. The Kier molecular flexibility index (Phi) is 5.08. The fourth-order valence-electron chi connectivity index (χ4n) is 4.76. The Bertz CT molecular complexity index is 871. The van der Waals surface area contributed by atoms with Crippen LogP contribution in [0.5, 0.6) is 0 Å². The lowest BCUT2D eigenvalue weighted by Gasteiger charge is -2.44. The van der Waals surface area contributed by atoms with Gasteiger partial charge in [-0.25, -0.2) is 4.39 Å². The molecule has 0 saturated carbocycles. The quantitative estimate of drug-likeness (QED) is 0.881. The third kappa shape index (κ3) is 3.06. The number of ether oxygens (including phenoxy) is 1. The van der Waals surface area contributed by atoms with Gasteiger partial charge in [0.1, 0.15) is 12.4 Å². The smallest absolute Gasteiger partial charge is 0.249 e. The highest BCUT2D eigenvalue weighted by Crippen LogP contribution is 2.49. The van der Waals surface area contributed by atoms with E-state index in [9.17, 15) is 14.3 Å². The molecule has 1 amide bonds. The van der Waals surface area contributed by atoms with E-state index in [1.807, 2.05) is 24.1 Å². The zero-order valence-corrected chi connectivity index (χ0v) is 16.1. The van der Waals surface area contributed by atoms with Gasteiger partial charge in [0.15, 0.2) is 0 Å². The number of hydrogen-bond donors (Lipinski definition) is 1. The Morgan fingerprint density at radius 2 is 1.93 bits per heavy atom. The Morgan fingerprint density at radius 3 is 2.61 bits per heavy atom. The van der Waals surface area contributed by atoms with E-state index in [0.29, 0.717) is 6.54 Å². The number of amides is 1. The zero-order valence-electron chi connectivity index (χ0n) is 16.1. The lowest BCUT2D eigenvalue weighted by atomic mass is 9.81. The Balaban J connectivity index is 1.80. The number of benzene rings is 2. The van der Waals surface area contributed by atoms with Gasteiger partial charge in [0, 0.05) is 32.3 Å². The second-order valence-corrected chi connectivity index (χ2v) is 7.56. The van der Waals surface area contributed by atoms with Crippen LogP contribution in [0.4, 0.5) is 10.1 Å². The van der Waals surface area contributed by atoms with Crippen molar-refractivity contribution in [3.8, 4) is 11.1 Å². The van der Waals surface area contributed by atoms with Crippen molar-refractivity contribution in [1.29, 1.82) is 0 Å². The average molecular weight is 384 g/mol. The zero-order chi connectivity index (χ0) is 19.8. The number of nitrogens with zero attached hydrogens (tertiary/aromatic N) is 2. The highest BCUT2D eigenvalue weighted by molar-refractivity contribution is 5.80. The van der Waals surface area contributed by atoms with E-state index in [-0.39, 0.29) is 42.9 Å². The van der Waals surface area contributed by atoms with Crippen LogP contribution in [0.3, 0.4) is 0 Å². The van der Waals surface area contributed by atoms with Crippen molar-refractivity contribution in [3.05, 3.63) is 53.8 Å². The van der Waals surface area contributed by atoms with Crippen molar-refractivity contribution in [2.45, 2.75) is 18.5 Å². The fourth-order valence-corrected chi connectivity index (χ4v) is 4.76. The summed E-state index contributed by atoms with van der Waals surface area (Å²) in [7, 11) is 3.52. The largest absolute Gasteiger partial charge is 0.394 e. The highest BCUT2D eigenvalue weighted by atomic mass is 19.1. The first kappa shape index (κ1) is 18.9. The van der Waals surface area contributed by atoms with Crippen LogP contribution in [-0.4, -0.2) is 55.9 Å². The van der Waals surface area contributed by atoms with Crippen molar-refractivity contribution in [3.63, 3.8) is 0 Å². The molecule has 1 saturated heterocycles. The molecule has 2 aliphatic rings. The van der Waals surface area contributed by atoms with Gasteiger partial charge in [-0.3, -0.25) is 4.79 Å². The molecule has 6 heteroatoms. The summed E-state index contributed by atoms with van der Waals surface area (Å²) < 4.78 is 18.4. The number of aliphatic hydroxyl groups excluding tert-OH is 1. The monoisotopic (exact) mass is 384 g/mol. The molecule has 148 valence electrons. The molecular weight excluding hydrogens is 359 g/mol. The van der Waals surface area contributed by atoms with Crippen molar-refractivity contribution in [2.24, 2.45) is 5.92 Å². The number of aliphatic hydroxyl groups is 1. The van der Waals surface area contributed by atoms with Crippen LogP contribution in [-0.2, 0) is 9.53 Å². The van der Waals surface area contributed by atoms with Gasteiger partial charge >= 0.3 is 0 Å². The normalized spacial score (nSPS) is 23.5. The number of hydrogen-bond acceptors (Lipinski definition) is 4. The SMILES string of the molecule is COCC(=O)N1CC[C@@H]2[C@H]1c1cc(-c3ccc(F)cc3)ccc1N(C)[C@@H]2CO. The second-order valence-electron chi connectivity index (χ2n) is 7.56. The third-order valence-corrected chi connectivity index (χ3v) is 6.12. The van der Waals surface area contributed by atoms with Crippen LogP contribution in [0, 0.1) is 11.7 Å². The van der Waals surface area contributed by atoms with Gasteiger partial charge in [-0.05, 0) is 47.4 Å². The first-order chi connectivity index (χ1) is 13.5. The molecule has 5 nitrogen and oxygen atoms in total. The number of carbonyl (C=O) groups excluding carboxylic acids is 1. The Hall–Kier alpha value is -2.44. The van der Waals surface area contributed by atoms with Crippen LogP contribution in [0.2, 0.25) is 0 Å². The molecule has 0 bridgehead atoms. The minimum atomic E-state index is -0.264. The minimum absolute atomic E-state index is 0.0329. The second kappa shape index (κ2) is 7.53. The maximum Gasteiger partial charge on any atom is 0.249 e. The summed E-state index contributed by atoms with van der Waals surface area (Å²) in [6.45, 7) is 0.751. The van der Waals surface area contributed by atoms with Gasteiger partial charge < -0.3 is 19.6 Å². The number of likely N-dealkylation sites (tertiary alicyclic amines) is 1. The van der Waals surface area contributed by atoms with Crippen LogP contribution in [0.1, 0.15) is 18.0 Å². The van der Waals surface area contributed by atoms with Crippen LogP contribution in [0.25, 0.3) is 11.1 Å². The Labute approximate surface area is 164 Å².